The summed E-state index contributed by atoms with van der Waals surface area (Å²) in [4.78, 5) is 42.6. The molecule has 0 unspecified atom stereocenters. The van der Waals surface area contributed by atoms with E-state index < -0.39 is 9.85 Å². The minimum Gasteiger partial charge on any atom is -0.326 e. The molecule has 4 aromatic rings. The van der Waals surface area contributed by atoms with Gasteiger partial charge in [-0.3, -0.25) is 25.0 Å². The van der Waals surface area contributed by atoms with Crippen molar-refractivity contribution in [3.05, 3.63) is 109 Å². The van der Waals surface area contributed by atoms with E-state index in [1.165, 1.54) is 19.1 Å². The van der Waals surface area contributed by atoms with Gasteiger partial charge in [0.15, 0.2) is 0 Å². The monoisotopic (exact) mass is 481 g/mol. The molecule has 1 N–H and O–H groups in total. The quantitative estimate of drug-likeness (QED) is 0.262. The van der Waals surface area contributed by atoms with Crippen molar-refractivity contribution < 1.29 is 14.6 Å². The van der Waals surface area contributed by atoms with Crippen molar-refractivity contribution in [1.82, 2.24) is 9.97 Å². The highest BCUT2D eigenvalue weighted by Gasteiger charge is 2.13. The molecule has 0 saturated carbocycles. The van der Waals surface area contributed by atoms with Crippen LogP contribution < -0.4 is 5.32 Å². The van der Waals surface area contributed by atoms with Gasteiger partial charge in [-0.05, 0) is 54.6 Å². The van der Waals surface area contributed by atoms with Gasteiger partial charge in [0.1, 0.15) is 0 Å². The highest BCUT2D eigenvalue weighted by molar-refractivity contribution is 5.92. The predicted octanol–water partition coefficient (Wildman–Crippen LogP) is 5.75. The summed E-state index contributed by atoms with van der Waals surface area (Å²) < 4.78 is 0. The molecular formula is C26H19N5O5. The molecule has 10 heteroatoms. The van der Waals surface area contributed by atoms with E-state index in [1.54, 1.807) is 78.9 Å². The van der Waals surface area contributed by atoms with E-state index in [0.717, 1.165) is 0 Å². The topological polar surface area (TPSA) is 141 Å². The van der Waals surface area contributed by atoms with Crippen LogP contribution in [0, 0.1) is 20.2 Å². The molecule has 10 nitrogen and oxygen atoms in total. The second-order valence-corrected chi connectivity index (χ2v) is 7.68. The van der Waals surface area contributed by atoms with Crippen LogP contribution in [0.1, 0.15) is 29.4 Å². The number of fused-ring (bicyclic) bond motifs is 1. The van der Waals surface area contributed by atoms with Crippen LogP contribution in [0.2, 0.25) is 0 Å². The van der Waals surface area contributed by atoms with E-state index in [4.69, 9.17) is 0 Å². The van der Waals surface area contributed by atoms with E-state index in [0.29, 0.717) is 39.2 Å². The van der Waals surface area contributed by atoms with E-state index >= 15 is 0 Å². The molecule has 4 rings (SSSR count). The largest absolute Gasteiger partial charge is 0.326 e. The zero-order valence-corrected chi connectivity index (χ0v) is 19.0. The van der Waals surface area contributed by atoms with Crippen LogP contribution in [0.5, 0.6) is 0 Å². The van der Waals surface area contributed by atoms with Gasteiger partial charge in [-0.2, -0.15) is 0 Å². The maximum atomic E-state index is 11.4. The summed E-state index contributed by atoms with van der Waals surface area (Å²) in [6.07, 6.45) is 6.34. The normalized spacial score (nSPS) is 11.2. The Morgan fingerprint density at radius 1 is 0.750 bits per heavy atom. The fourth-order valence-corrected chi connectivity index (χ4v) is 3.53. The van der Waals surface area contributed by atoms with Crippen LogP contribution in [-0.4, -0.2) is 25.7 Å². The SMILES string of the molecule is CC(=O)Nc1ccc2nc(/C=C/c3ccccc3[N+](=O)[O-])c(/C=C/c3ccccc3[N+](=O)[O-])nc2c1. The first-order chi connectivity index (χ1) is 17.3. The van der Waals surface area contributed by atoms with Gasteiger partial charge in [0.25, 0.3) is 11.4 Å². The number of para-hydroxylation sites is 2. The Hall–Kier alpha value is -5.25. The molecule has 36 heavy (non-hydrogen) atoms. The van der Waals surface area contributed by atoms with Gasteiger partial charge in [0.2, 0.25) is 5.91 Å². The Balaban J connectivity index is 1.83. The smallest absolute Gasteiger partial charge is 0.276 e. The summed E-state index contributed by atoms with van der Waals surface area (Å²) in [5, 5.41) is 25.5. The van der Waals surface area contributed by atoms with E-state index in [1.807, 2.05) is 0 Å². The lowest BCUT2D eigenvalue weighted by Crippen LogP contribution is -2.05. The number of hydrogen-bond donors (Lipinski definition) is 1. The van der Waals surface area contributed by atoms with Gasteiger partial charge in [0.05, 0.1) is 43.4 Å². The minimum atomic E-state index is -0.471. The average Bonchev–Trinajstić information content (AvgIpc) is 2.85. The van der Waals surface area contributed by atoms with Gasteiger partial charge >= 0.3 is 0 Å². The third-order valence-electron chi connectivity index (χ3n) is 5.15. The summed E-state index contributed by atoms with van der Waals surface area (Å²) in [7, 11) is 0. The maximum Gasteiger partial charge on any atom is 0.276 e. The number of nitrogens with one attached hydrogen (secondary N) is 1. The number of carbonyl (C=O) groups excluding carboxylic acids is 1. The van der Waals surface area contributed by atoms with Crippen LogP contribution in [-0.2, 0) is 4.79 Å². The molecule has 0 fully saturated rings. The van der Waals surface area contributed by atoms with Gasteiger partial charge < -0.3 is 5.32 Å². The molecule has 0 radical (unpaired) electrons. The van der Waals surface area contributed by atoms with Crippen molar-refractivity contribution in [3.63, 3.8) is 0 Å². The number of aromatic nitrogens is 2. The average molecular weight is 481 g/mol. The molecule has 0 aliphatic heterocycles. The summed E-state index contributed by atoms with van der Waals surface area (Å²) in [5.74, 6) is -0.233. The number of anilines is 1. The zero-order chi connectivity index (χ0) is 25.7. The number of carbonyl (C=O) groups is 1. The third kappa shape index (κ3) is 5.45. The molecule has 178 valence electrons. The van der Waals surface area contributed by atoms with Gasteiger partial charge in [-0.1, -0.05) is 24.3 Å². The fourth-order valence-electron chi connectivity index (χ4n) is 3.53. The lowest BCUT2D eigenvalue weighted by atomic mass is 10.1. The van der Waals surface area contributed by atoms with Crippen molar-refractivity contribution in [1.29, 1.82) is 0 Å². The van der Waals surface area contributed by atoms with Crippen molar-refractivity contribution >= 4 is 58.3 Å². The zero-order valence-electron chi connectivity index (χ0n) is 19.0. The fraction of sp³-hybridized carbons (Fsp3) is 0.0385. The van der Waals surface area contributed by atoms with Crippen molar-refractivity contribution in [3.8, 4) is 0 Å². The molecule has 3 aromatic carbocycles. The summed E-state index contributed by atoms with van der Waals surface area (Å²) in [6.45, 7) is 1.40. The number of rotatable bonds is 7. The Morgan fingerprint density at radius 3 is 1.75 bits per heavy atom. The molecule has 0 atom stereocenters. The highest BCUT2D eigenvalue weighted by atomic mass is 16.6. The molecule has 1 aromatic heterocycles. The van der Waals surface area contributed by atoms with Gasteiger partial charge in [-0.15, -0.1) is 0 Å². The second kappa shape index (κ2) is 10.3. The number of amides is 1. The first-order valence-corrected chi connectivity index (χ1v) is 10.7. The number of nitro benzene ring substituents is 2. The van der Waals surface area contributed by atoms with Gasteiger partial charge in [0, 0.05) is 24.7 Å². The number of nitro groups is 2. The highest BCUT2D eigenvalue weighted by Crippen LogP contribution is 2.25. The first kappa shape index (κ1) is 23.9. The van der Waals surface area contributed by atoms with Crippen LogP contribution in [0.4, 0.5) is 17.1 Å². The third-order valence-corrected chi connectivity index (χ3v) is 5.15. The lowest BCUT2D eigenvalue weighted by Gasteiger charge is -2.07. The Bertz CT molecular complexity index is 1560. The lowest BCUT2D eigenvalue weighted by molar-refractivity contribution is -0.385. The first-order valence-electron chi connectivity index (χ1n) is 10.7. The van der Waals surface area contributed by atoms with Crippen LogP contribution in [0.15, 0.2) is 66.7 Å². The molecule has 0 aliphatic rings. The Labute approximate surface area is 204 Å². The molecule has 1 heterocycles. The maximum absolute atomic E-state index is 11.4. The Morgan fingerprint density at radius 2 is 1.25 bits per heavy atom. The van der Waals surface area contributed by atoms with Crippen LogP contribution >= 0.6 is 0 Å². The molecule has 0 aliphatic carbocycles. The van der Waals surface area contributed by atoms with E-state index in [9.17, 15) is 25.0 Å². The summed E-state index contributed by atoms with van der Waals surface area (Å²) in [5.41, 5.74) is 3.01. The van der Waals surface area contributed by atoms with Crippen molar-refractivity contribution in [2.45, 2.75) is 6.92 Å². The summed E-state index contributed by atoms with van der Waals surface area (Å²) >= 11 is 0. The number of nitrogens with zero attached hydrogens (tertiary/aromatic N) is 4. The molecule has 0 bridgehead atoms. The molecular weight excluding hydrogens is 462 g/mol. The standard InChI is InChI=1S/C26H19N5O5/c1-17(32)27-20-12-15-23-24(16-20)29-22(14-11-19-7-3-5-9-26(19)31(35)36)21(28-23)13-10-18-6-2-4-8-25(18)30(33)34/h2-16H,1H3,(H,27,32)/b13-10+,14-11+. The summed E-state index contributed by atoms with van der Waals surface area (Å²) in [6, 6.07) is 17.6. The van der Waals surface area contributed by atoms with Crippen LogP contribution in [0.3, 0.4) is 0 Å². The minimum absolute atomic E-state index is 0.0561. The number of hydrogen-bond acceptors (Lipinski definition) is 7. The van der Waals surface area contributed by atoms with E-state index in [-0.39, 0.29) is 17.3 Å². The van der Waals surface area contributed by atoms with Crippen molar-refractivity contribution in [2.75, 3.05) is 5.32 Å². The van der Waals surface area contributed by atoms with Crippen molar-refractivity contribution in [2.24, 2.45) is 0 Å². The van der Waals surface area contributed by atoms with Gasteiger partial charge in [-0.25, -0.2) is 9.97 Å². The molecule has 0 spiro atoms. The number of benzene rings is 3. The predicted molar refractivity (Wildman–Crippen MR) is 138 cm³/mol. The second-order valence-electron chi connectivity index (χ2n) is 7.68. The Kier molecular flexibility index (Phi) is 6.87. The molecule has 0 saturated heterocycles. The van der Waals surface area contributed by atoms with Crippen LogP contribution in [0.25, 0.3) is 35.3 Å². The molecule has 1 amide bonds. The van der Waals surface area contributed by atoms with E-state index in [2.05, 4.69) is 15.3 Å².